The fourth-order valence-electron chi connectivity index (χ4n) is 6.30. The van der Waals surface area contributed by atoms with E-state index in [4.69, 9.17) is 9.72 Å². The Balaban J connectivity index is 1.16. The lowest BCUT2D eigenvalue weighted by atomic mass is 9.76. The SMILES string of the molecule is O=C1NCC[C@@]12Cc1cnc(Nc3ccc(OCCN4CCCCC4)cc3)nc1N(C1CCCC1)C2=O. The molecule has 1 spiro atoms. The first kappa shape index (κ1) is 24.2. The summed E-state index contributed by atoms with van der Waals surface area (Å²) in [5.41, 5.74) is 0.702. The molecule has 1 atom stereocenters. The number of carbonyl (C=O) groups excluding carboxylic acids is 2. The van der Waals surface area contributed by atoms with E-state index in [2.05, 4.69) is 20.5 Å². The Morgan fingerprint density at radius 3 is 2.57 bits per heavy atom. The zero-order valence-corrected chi connectivity index (χ0v) is 21.4. The van der Waals surface area contributed by atoms with Gasteiger partial charge in [-0.2, -0.15) is 4.98 Å². The summed E-state index contributed by atoms with van der Waals surface area (Å²) < 4.78 is 5.95. The molecule has 37 heavy (non-hydrogen) atoms. The molecule has 1 saturated carbocycles. The predicted octanol–water partition coefficient (Wildman–Crippen LogP) is 3.42. The van der Waals surface area contributed by atoms with Crippen molar-refractivity contribution in [3.05, 3.63) is 36.0 Å². The molecule has 2 N–H and O–H groups in total. The van der Waals surface area contributed by atoms with E-state index in [1.54, 1.807) is 6.20 Å². The average molecular weight is 505 g/mol. The van der Waals surface area contributed by atoms with Gasteiger partial charge >= 0.3 is 0 Å². The first-order chi connectivity index (χ1) is 18.1. The van der Waals surface area contributed by atoms with Gasteiger partial charge in [0.05, 0.1) is 0 Å². The van der Waals surface area contributed by atoms with Crippen LogP contribution in [0.15, 0.2) is 30.5 Å². The van der Waals surface area contributed by atoms with Crippen LogP contribution in [0.1, 0.15) is 56.9 Å². The number of hydrogen-bond acceptors (Lipinski definition) is 7. The van der Waals surface area contributed by atoms with E-state index in [0.717, 1.165) is 49.2 Å². The number of ether oxygens (including phenoxy) is 1. The molecule has 1 aromatic heterocycles. The first-order valence-corrected chi connectivity index (χ1v) is 13.8. The highest BCUT2D eigenvalue weighted by Crippen LogP contribution is 2.44. The molecule has 9 nitrogen and oxygen atoms in total. The third-order valence-electron chi connectivity index (χ3n) is 8.39. The fraction of sp³-hybridized carbons (Fsp3) is 0.571. The van der Waals surface area contributed by atoms with Gasteiger partial charge in [0.2, 0.25) is 17.8 Å². The molecular formula is C28H36N6O3. The number of hydrogen-bond donors (Lipinski definition) is 2. The van der Waals surface area contributed by atoms with Crippen molar-refractivity contribution in [1.82, 2.24) is 20.2 Å². The Morgan fingerprint density at radius 2 is 1.84 bits per heavy atom. The van der Waals surface area contributed by atoms with Gasteiger partial charge in [0.25, 0.3) is 0 Å². The number of likely N-dealkylation sites (tertiary alicyclic amines) is 1. The Morgan fingerprint density at radius 1 is 1.05 bits per heavy atom. The van der Waals surface area contributed by atoms with Crippen molar-refractivity contribution in [2.75, 3.05) is 43.0 Å². The van der Waals surface area contributed by atoms with E-state index < -0.39 is 5.41 Å². The van der Waals surface area contributed by atoms with Crippen LogP contribution < -0.4 is 20.3 Å². The number of nitrogens with zero attached hydrogens (tertiary/aromatic N) is 4. The van der Waals surface area contributed by atoms with Crippen molar-refractivity contribution in [3.63, 3.8) is 0 Å². The van der Waals surface area contributed by atoms with Crippen molar-refractivity contribution in [3.8, 4) is 5.75 Å². The van der Waals surface area contributed by atoms with Crippen molar-refractivity contribution >= 4 is 29.3 Å². The minimum absolute atomic E-state index is 0.0842. The van der Waals surface area contributed by atoms with Crippen LogP contribution in [0.25, 0.3) is 0 Å². The van der Waals surface area contributed by atoms with E-state index >= 15 is 0 Å². The lowest BCUT2D eigenvalue weighted by molar-refractivity contribution is -0.140. The zero-order chi connectivity index (χ0) is 25.2. The number of amides is 2. The summed E-state index contributed by atoms with van der Waals surface area (Å²) in [4.78, 5) is 40.2. The number of fused-ring (bicyclic) bond motifs is 1. The van der Waals surface area contributed by atoms with Gasteiger partial charge in [-0.3, -0.25) is 19.4 Å². The molecule has 4 heterocycles. The Kier molecular flexibility index (Phi) is 6.71. The van der Waals surface area contributed by atoms with E-state index in [-0.39, 0.29) is 17.9 Å². The smallest absolute Gasteiger partial charge is 0.244 e. The summed E-state index contributed by atoms with van der Waals surface area (Å²) in [6, 6.07) is 7.90. The molecule has 0 radical (unpaired) electrons. The molecule has 2 saturated heterocycles. The molecule has 3 fully saturated rings. The van der Waals surface area contributed by atoms with E-state index in [0.29, 0.717) is 37.8 Å². The normalized spacial score (nSPS) is 24.4. The molecule has 0 unspecified atom stereocenters. The van der Waals surface area contributed by atoms with Crippen molar-refractivity contribution < 1.29 is 14.3 Å². The first-order valence-electron chi connectivity index (χ1n) is 13.8. The number of rotatable bonds is 7. The number of piperidine rings is 1. The lowest BCUT2D eigenvalue weighted by Crippen LogP contribution is -2.56. The van der Waals surface area contributed by atoms with Gasteiger partial charge in [0.1, 0.15) is 23.6 Å². The Bertz CT molecular complexity index is 1140. The maximum absolute atomic E-state index is 13.8. The molecule has 2 aromatic rings. The number of benzene rings is 1. The molecular weight excluding hydrogens is 468 g/mol. The van der Waals surface area contributed by atoms with Crippen molar-refractivity contribution in [2.45, 2.75) is 63.8 Å². The Hall–Kier alpha value is -3.20. The van der Waals surface area contributed by atoms with Crippen LogP contribution in [0, 0.1) is 5.41 Å². The van der Waals surface area contributed by atoms with Gasteiger partial charge in [0.15, 0.2) is 0 Å². The molecule has 9 heteroatoms. The standard InChI is InChI=1S/C28H36N6O3/c35-25-28(12-13-29-25)18-20-19-30-27(32-24(20)34(26(28)36)22-6-2-3-7-22)31-21-8-10-23(11-9-21)37-17-16-33-14-4-1-5-15-33/h8-11,19,22H,1-7,12-18H2,(H,29,35)(H,30,31,32)/t28-/m1/s1. The summed E-state index contributed by atoms with van der Waals surface area (Å²) in [5.74, 6) is 1.67. The van der Waals surface area contributed by atoms with Crippen LogP contribution in [0.2, 0.25) is 0 Å². The van der Waals surface area contributed by atoms with Crippen LogP contribution >= 0.6 is 0 Å². The molecule has 6 rings (SSSR count). The summed E-state index contributed by atoms with van der Waals surface area (Å²) in [5, 5.41) is 6.16. The van der Waals surface area contributed by atoms with E-state index in [1.165, 1.54) is 32.4 Å². The third kappa shape index (κ3) is 4.77. The topological polar surface area (TPSA) is 99.7 Å². The minimum atomic E-state index is -1.02. The summed E-state index contributed by atoms with van der Waals surface area (Å²) in [6.07, 6.45) is 10.6. The van der Waals surface area contributed by atoms with Gasteiger partial charge in [-0.25, -0.2) is 4.98 Å². The molecule has 0 bridgehead atoms. The number of nitrogens with one attached hydrogen (secondary N) is 2. The zero-order valence-electron chi connectivity index (χ0n) is 21.4. The number of carbonyl (C=O) groups is 2. The Labute approximate surface area is 218 Å². The quantitative estimate of drug-likeness (QED) is 0.558. The fourth-order valence-corrected chi connectivity index (χ4v) is 6.30. The molecule has 2 amide bonds. The number of aromatic nitrogens is 2. The third-order valence-corrected chi connectivity index (χ3v) is 8.39. The largest absolute Gasteiger partial charge is 0.492 e. The monoisotopic (exact) mass is 504 g/mol. The number of anilines is 3. The van der Waals surface area contributed by atoms with E-state index in [9.17, 15) is 9.59 Å². The van der Waals surface area contributed by atoms with Crippen LogP contribution in [0.3, 0.4) is 0 Å². The highest BCUT2D eigenvalue weighted by atomic mass is 16.5. The van der Waals surface area contributed by atoms with E-state index in [1.807, 2.05) is 29.2 Å². The van der Waals surface area contributed by atoms with Gasteiger partial charge in [-0.05, 0) is 69.5 Å². The van der Waals surface area contributed by atoms with Crippen molar-refractivity contribution in [1.29, 1.82) is 0 Å². The van der Waals surface area contributed by atoms with Gasteiger partial charge in [-0.15, -0.1) is 0 Å². The molecule has 3 aliphatic heterocycles. The van der Waals surface area contributed by atoms with Crippen molar-refractivity contribution in [2.24, 2.45) is 5.41 Å². The average Bonchev–Trinajstić information content (AvgIpc) is 3.58. The van der Waals surface area contributed by atoms with Crippen LogP contribution in [0.4, 0.5) is 17.5 Å². The molecule has 1 aliphatic carbocycles. The van der Waals surface area contributed by atoms with Crippen LogP contribution in [-0.4, -0.2) is 65.5 Å². The van der Waals surface area contributed by atoms with Crippen LogP contribution in [-0.2, 0) is 16.0 Å². The van der Waals surface area contributed by atoms with Gasteiger partial charge < -0.3 is 15.4 Å². The summed E-state index contributed by atoms with van der Waals surface area (Å²) in [6.45, 7) is 4.53. The second-order valence-electron chi connectivity index (χ2n) is 10.8. The highest BCUT2D eigenvalue weighted by Gasteiger charge is 2.56. The maximum atomic E-state index is 13.8. The van der Waals surface area contributed by atoms with Gasteiger partial charge in [-0.1, -0.05) is 19.3 Å². The molecule has 1 aromatic carbocycles. The highest BCUT2D eigenvalue weighted by molar-refractivity contribution is 6.14. The predicted molar refractivity (Wildman–Crippen MR) is 141 cm³/mol. The van der Waals surface area contributed by atoms with Crippen LogP contribution in [0.5, 0.6) is 5.75 Å². The van der Waals surface area contributed by atoms with Gasteiger partial charge in [0, 0.05) is 43.0 Å². The molecule has 4 aliphatic rings. The maximum Gasteiger partial charge on any atom is 0.244 e. The lowest BCUT2D eigenvalue weighted by Gasteiger charge is -2.40. The minimum Gasteiger partial charge on any atom is -0.492 e. The summed E-state index contributed by atoms with van der Waals surface area (Å²) in [7, 11) is 0. The second kappa shape index (κ2) is 10.3. The second-order valence-corrected chi connectivity index (χ2v) is 10.8. The molecule has 196 valence electrons. The summed E-state index contributed by atoms with van der Waals surface area (Å²) >= 11 is 0.